The molecule has 0 aromatic carbocycles. The Morgan fingerprint density at radius 1 is 1.54 bits per heavy atom. The van der Waals surface area contributed by atoms with Gasteiger partial charge in [0.1, 0.15) is 0 Å². The highest BCUT2D eigenvalue weighted by Gasteiger charge is 2.22. The van der Waals surface area contributed by atoms with Crippen molar-refractivity contribution in [3.63, 3.8) is 0 Å². The molecule has 1 saturated carbocycles. The average Bonchev–Trinajstić information content (AvgIpc) is 2.85. The molecule has 1 aromatic heterocycles. The van der Waals surface area contributed by atoms with Crippen molar-refractivity contribution in [3.8, 4) is 0 Å². The number of nitrogens with zero attached hydrogens (tertiary/aromatic N) is 2. The van der Waals surface area contributed by atoms with Crippen LogP contribution in [0.2, 0.25) is 0 Å². The summed E-state index contributed by atoms with van der Waals surface area (Å²) in [7, 11) is 0. The Morgan fingerprint density at radius 3 is 2.85 bits per heavy atom. The number of aryl methyl sites for hydroxylation is 2. The lowest BCUT2D eigenvalue weighted by Crippen LogP contribution is -2.01. The van der Waals surface area contributed by atoms with Crippen molar-refractivity contribution in [1.29, 1.82) is 0 Å². The predicted molar refractivity (Wildman–Crippen MR) is 53.9 cm³/mol. The quantitative estimate of drug-likeness (QED) is 0.766. The zero-order valence-electron chi connectivity index (χ0n) is 8.38. The molecule has 1 heterocycles. The van der Waals surface area contributed by atoms with E-state index in [1.807, 2.05) is 4.68 Å². The lowest BCUT2D eigenvalue weighted by Gasteiger charge is -2.01. The van der Waals surface area contributed by atoms with E-state index in [0.717, 1.165) is 19.0 Å². The summed E-state index contributed by atoms with van der Waals surface area (Å²) in [6.45, 7) is 5.23. The fourth-order valence-electron chi connectivity index (χ4n) is 1.45. The summed E-state index contributed by atoms with van der Waals surface area (Å²) in [4.78, 5) is 0. The van der Waals surface area contributed by atoms with E-state index in [2.05, 4.69) is 30.5 Å². The lowest BCUT2D eigenvalue weighted by molar-refractivity contribution is 0.648. The zero-order valence-corrected chi connectivity index (χ0v) is 8.38. The maximum atomic E-state index is 4.48. The minimum atomic E-state index is 0.722. The van der Waals surface area contributed by atoms with Crippen LogP contribution in [0.3, 0.4) is 0 Å². The van der Waals surface area contributed by atoms with Crippen LogP contribution in [-0.2, 0) is 13.0 Å². The Bertz CT molecular complexity index is 286. The third-order valence-electron chi connectivity index (χ3n) is 2.43. The van der Waals surface area contributed by atoms with Crippen molar-refractivity contribution in [2.24, 2.45) is 0 Å². The molecule has 0 spiro atoms. The van der Waals surface area contributed by atoms with E-state index < -0.39 is 0 Å². The maximum absolute atomic E-state index is 4.48. The molecule has 1 aromatic rings. The van der Waals surface area contributed by atoms with Gasteiger partial charge >= 0.3 is 0 Å². The number of nitrogens with one attached hydrogen (secondary N) is 1. The highest BCUT2D eigenvalue weighted by atomic mass is 15.3. The van der Waals surface area contributed by atoms with Crippen molar-refractivity contribution in [2.75, 3.05) is 5.32 Å². The minimum Gasteiger partial charge on any atom is -0.380 e. The second-order valence-electron chi connectivity index (χ2n) is 3.62. The lowest BCUT2D eigenvalue weighted by atomic mass is 10.3. The van der Waals surface area contributed by atoms with Crippen molar-refractivity contribution in [2.45, 2.75) is 45.7 Å². The van der Waals surface area contributed by atoms with Gasteiger partial charge in [0.15, 0.2) is 0 Å². The molecule has 1 fully saturated rings. The molecule has 2 rings (SSSR count). The van der Waals surface area contributed by atoms with E-state index in [1.165, 1.54) is 24.2 Å². The van der Waals surface area contributed by atoms with Crippen LogP contribution in [0.25, 0.3) is 0 Å². The van der Waals surface area contributed by atoms with Crippen LogP contribution < -0.4 is 5.32 Å². The Balaban J connectivity index is 2.14. The third-order valence-corrected chi connectivity index (χ3v) is 2.43. The van der Waals surface area contributed by atoms with Gasteiger partial charge in [-0.05, 0) is 26.2 Å². The van der Waals surface area contributed by atoms with E-state index in [-0.39, 0.29) is 0 Å². The SMILES string of the molecule is CCc1nn(CC)cc1NC1CC1. The predicted octanol–water partition coefficient (Wildman–Crippen LogP) is 2.04. The van der Waals surface area contributed by atoms with Crippen LogP contribution in [0.4, 0.5) is 5.69 Å². The van der Waals surface area contributed by atoms with Crippen LogP contribution in [0.5, 0.6) is 0 Å². The normalized spacial score (nSPS) is 16.2. The van der Waals surface area contributed by atoms with Gasteiger partial charge in [-0.25, -0.2) is 0 Å². The second-order valence-corrected chi connectivity index (χ2v) is 3.62. The summed E-state index contributed by atoms with van der Waals surface area (Å²) >= 11 is 0. The van der Waals surface area contributed by atoms with Gasteiger partial charge in [0.2, 0.25) is 0 Å². The molecule has 3 heteroatoms. The molecule has 1 aliphatic carbocycles. The summed E-state index contributed by atoms with van der Waals surface area (Å²) in [6.07, 6.45) is 5.78. The van der Waals surface area contributed by atoms with Crippen LogP contribution >= 0.6 is 0 Å². The van der Waals surface area contributed by atoms with E-state index >= 15 is 0 Å². The van der Waals surface area contributed by atoms with Crippen molar-refractivity contribution >= 4 is 5.69 Å². The van der Waals surface area contributed by atoms with Gasteiger partial charge in [0.05, 0.1) is 11.4 Å². The molecule has 0 saturated heterocycles. The summed E-state index contributed by atoms with van der Waals surface area (Å²) in [5.74, 6) is 0. The maximum Gasteiger partial charge on any atom is 0.0853 e. The minimum absolute atomic E-state index is 0.722. The molecule has 0 atom stereocenters. The highest BCUT2D eigenvalue weighted by molar-refractivity contribution is 5.48. The molecular weight excluding hydrogens is 162 g/mol. The summed E-state index contributed by atoms with van der Waals surface area (Å²) in [5.41, 5.74) is 2.45. The van der Waals surface area contributed by atoms with Crippen LogP contribution in [0.15, 0.2) is 6.20 Å². The summed E-state index contributed by atoms with van der Waals surface area (Å²) in [5, 5.41) is 7.99. The Labute approximate surface area is 79.1 Å². The molecule has 1 N–H and O–H groups in total. The van der Waals surface area contributed by atoms with E-state index in [0.29, 0.717) is 0 Å². The fourth-order valence-corrected chi connectivity index (χ4v) is 1.45. The van der Waals surface area contributed by atoms with Crippen molar-refractivity contribution in [1.82, 2.24) is 9.78 Å². The first-order chi connectivity index (χ1) is 6.33. The number of hydrogen-bond donors (Lipinski definition) is 1. The van der Waals surface area contributed by atoms with Gasteiger partial charge in [-0.15, -0.1) is 0 Å². The first-order valence-electron chi connectivity index (χ1n) is 5.16. The van der Waals surface area contributed by atoms with E-state index in [9.17, 15) is 0 Å². The van der Waals surface area contributed by atoms with Gasteiger partial charge in [0.25, 0.3) is 0 Å². The monoisotopic (exact) mass is 179 g/mol. The fraction of sp³-hybridized carbons (Fsp3) is 0.700. The van der Waals surface area contributed by atoms with Gasteiger partial charge in [0, 0.05) is 18.8 Å². The molecule has 72 valence electrons. The average molecular weight is 179 g/mol. The molecule has 1 aliphatic rings. The molecule has 0 unspecified atom stereocenters. The van der Waals surface area contributed by atoms with Gasteiger partial charge in [-0.3, -0.25) is 4.68 Å². The molecule has 3 nitrogen and oxygen atoms in total. The number of aromatic nitrogens is 2. The molecule has 0 radical (unpaired) electrons. The highest BCUT2D eigenvalue weighted by Crippen LogP contribution is 2.26. The molecule has 13 heavy (non-hydrogen) atoms. The van der Waals surface area contributed by atoms with Crippen LogP contribution in [0.1, 0.15) is 32.4 Å². The number of rotatable bonds is 4. The van der Waals surface area contributed by atoms with E-state index in [1.54, 1.807) is 0 Å². The van der Waals surface area contributed by atoms with E-state index in [4.69, 9.17) is 0 Å². The summed E-state index contributed by atoms with van der Waals surface area (Å²) < 4.78 is 2.00. The third kappa shape index (κ3) is 1.85. The van der Waals surface area contributed by atoms with Gasteiger partial charge in [-0.2, -0.15) is 5.10 Å². The molecular formula is C10H17N3. The smallest absolute Gasteiger partial charge is 0.0853 e. The standard InChI is InChI=1S/C10H17N3/c1-3-9-10(11-8-5-6-8)7-13(4-2)12-9/h7-8,11H,3-6H2,1-2H3. The first-order valence-corrected chi connectivity index (χ1v) is 5.16. The molecule has 0 amide bonds. The number of hydrogen-bond acceptors (Lipinski definition) is 2. The van der Waals surface area contributed by atoms with Gasteiger partial charge < -0.3 is 5.32 Å². The van der Waals surface area contributed by atoms with Crippen molar-refractivity contribution < 1.29 is 0 Å². The first kappa shape index (κ1) is 8.60. The van der Waals surface area contributed by atoms with Crippen molar-refractivity contribution in [3.05, 3.63) is 11.9 Å². The Kier molecular flexibility index (Phi) is 2.25. The van der Waals surface area contributed by atoms with Crippen LogP contribution in [-0.4, -0.2) is 15.8 Å². The second kappa shape index (κ2) is 3.40. The number of anilines is 1. The Hall–Kier alpha value is -0.990. The largest absolute Gasteiger partial charge is 0.380 e. The zero-order chi connectivity index (χ0) is 9.26. The molecule has 0 bridgehead atoms. The molecule has 0 aliphatic heterocycles. The topological polar surface area (TPSA) is 29.9 Å². The Morgan fingerprint density at radius 2 is 2.31 bits per heavy atom. The summed E-state index contributed by atoms with van der Waals surface area (Å²) in [6, 6.07) is 0.722. The van der Waals surface area contributed by atoms with Gasteiger partial charge in [-0.1, -0.05) is 6.92 Å². The van der Waals surface area contributed by atoms with Crippen LogP contribution in [0, 0.1) is 0 Å².